The summed E-state index contributed by atoms with van der Waals surface area (Å²) in [5.41, 5.74) is 1.11. The van der Waals surface area contributed by atoms with E-state index in [9.17, 15) is 0 Å². The molecule has 0 aliphatic carbocycles. The van der Waals surface area contributed by atoms with E-state index in [4.69, 9.17) is 0 Å². The minimum atomic E-state index is 0. The van der Waals surface area contributed by atoms with Crippen LogP contribution in [0.5, 0.6) is 0 Å². The fraction of sp³-hybridized carbons (Fsp3) is 0. The van der Waals surface area contributed by atoms with Crippen molar-refractivity contribution in [1.29, 1.82) is 0 Å². The predicted octanol–water partition coefficient (Wildman–Crippen LogP) is 1.93. The van der Waals surface area contributed by atoms with Gasteiger partial charge in [0.1, 0.15) is 0 Å². The van der Waals surface area contributed by atoms with Crippen LogP contribution < -0.4 is 0 Å². The van der Waals surface area contributed by atoms with Crippen molar-refractivity contribution >= 4 is 11.3 Å². The average molecular weight is 186 g/mol. The van der Waals surface area contributed by atoms with Gasteiger partial charge < -0.3 is 0 Å². The molecule has 1 rings (SSSR count). The Morgan fingerprint density at radius 2 is 2.29 bits per heavy atom. The van der Waals surface area contributed by atoms with Crippen molar-refractivity contribution in [3.8, 4) is 0 Å². The van der Waals surface area contributed by atoms with Crippen LogP contribution in [0.4, 0.5) is 0 Å². The van der Waals surface area contributed by atoms with E-state index in [1.165, 1.54) is 0 Å². The van der Waals surface area contributed by atoms with Gasteiger partial charge >= 0.3 is 0 Å². The number of hydrogen-bond acceptors (Lipinski definition) is 1. The van der Waals surface area contributed by atoms with E-state index in [0.717, 1.165) is 5.56 Å². The first-order chi connectivity index (χ1) is 2.89. The summed E-state index contributed by atoms with van der Waals surface area (Å²) < 4.78 is 0. The Kier molecular flexibility index (Phi) is 4.00. The molecule has 0 aromatic carbocycles. The Morgan fingerprint density at radius 1 is 1.57 bits per heavy atom. The van der Waals surface area contributed by atoms with Crippen LogP contribution in [0, 0.1) is 6.92 Å². The molecule has 1 radical (unpaired) electrons. The van der Waals surface area contributed by atoms with Crippen molar-refractivity contribution in [1.82, 2.24) is 0 Å². The van der Waals surface area contributed by atoms with E-state index in [2.05, 4.69) is 6.92 Å². The zero-order valence-electron chi connectivity index (χ0n) is 3.92. The molecule has 1 heterocycles. The van der Waals surface area contributed by atoms with E-state index in [1.807, 2.05) is 16.8 Å². The molecule has 0 atom stereocenters. The van der Waals surface area contributed by atoms with Crippen molar-refractivity contribution in [3.63, 3.8) is 0 Å². The van der Waals surface area contributed by atoms with Gasteiger partial charge in [-0.3, -0.25) is 0 Å². The third kappa shape index (κ3) is 2.48. The Hall–Kier alpha value is 0.674. The molecule has 0 aliphatic rings. The zero-order valence-corrected chi connectivity index (χ0v) is 7.58. The second-order valence-corrected chi connectivity index (χ2v) is 1.91. The molecule has 0 spiro atoms. The van der Waals surface area contributed by atoms with Crippen molar-refractivity contribution in [2.24, 2.45) is 0 Å². The van der Waals surface area contributed by atoms with E-state index in [-0.39, 0.29) is 32.7 Å². The fourth-order valence-electron chi connectivity index (χ4n) is 0.293. The first-order valence-electron chi connectivity index (χ1n) is 1.74. The Morgan fingerprint density at radius 3 is 2.43 bits per heavy atom. The van der Waals surface area contributed by atoms with Crippen molar-refractivity contribution < 1.29 is 32.7 Å². The van der Waals surface area contributed by atoms with Crippen LogP contribution >= 0.6 is 11.3 Å². The minimum Gasteiger partial charge on any atom is -0.234 e. The summed E-state index contributed by atoms with van der Waals surface area (Å²) in [5, 5.41) is 4.03. The van der Waals surface area contributed by atoms with Crippen LogP contribution in [0.25, 0.3) is 0 Å². The average Bonchev–Trinajstić information content (AvgIpc) is 1.86. The van der Waals surface area contributed by atoms with Gasteiger partial charge in [0.2, 0.25) is 0 Å². The molecule has 0 nitrogen and oxygen atoms in total. The third-order valence-corrected chi connectivity index (χ3v) is 1.31. The Balaban J connectivity index is 0.000000360. The number of thiophene rings is 1. The van der Waals surface area contributed by atoms with Gasteiger partial charge in [0.25, 0.3) is 0 Å². The van der Waals surface area contributed by atoms with Crippen molar-refractivity contribution in [2.75, 3.05) is 0 Å². The molecule has 0 saturated heterocycles. The summed E-state index contributed by atoms with van der Waals surface area (Å²) in [6, 6.07) is 1.99. The standard InChI is InChI=1S/C5H5S.Y/c1-5-2-3-6-4-5;/h2-4H,1H2;/q-1;. The van der Waals surface area contributed by atoms with Crippen LogP contribution in [-0.4, -0.2) is 0 Å². The van der Waals surface area contributed by atoms with Crippen LogP contribution in [0.1, 0.15) is 5.56 Å². The fourth-order valence-corrected chi connectivity index (χ4v) is 0.878. The minimum absolute atomic E-state index is 0. The second kappa shape index (κ2) is 3.65. The quantitative estimate of drug-likeness (QED) is 0.543. The normalized spacial score (nSPS) is 7.43. The molecule has 0 fully saturated rings. The van der Waals surface area contributed by atoms with Crippen LogP contribution in [0.3, 0.4) is 0 Å². The van der Waals surface area contributed by atoms with Gasteiger partial charge in [0, 0.05) is 32.7 Å². The summed E-state index contributed by atoms with van der Waals surface area (Å²) >= 11 is 1.68. The van der Waals surface area contributed by atoms with Crippen molar-refractivity contribution in [2.45, 2.75) is 0 Å². The van der Waals surface area contributed by atoms with Gasteiger partial charge in [0.15, 0.2) is 0 Å². The van der Waals surface area contributed by atoms with Gasteiger partial charge in [-0.25, -0.2) is 11.3 Å². The predicted molar refractivity (Wildman–Crippen MR) is 28.8 cm³/mol. The van der Waals surface area contributed by atoms with Crippen LogP contribution in [0.2, 0.25) is 0 Å². The molecule has 1 aromatic heterocycles. The van der Waals surface area contributed by atoms with Crippen molar-refractivity contribution in [3.05, 3.63) is 29.3 Å². The molecule has 0 amide bonds. The maximum Gasteiger partial charge on any atom is 0 e. The molecule has 35 valence electrons. The molecule has 0 saturated carbocycles. The molecular weight excluding hydrogens is 181 g/mol. The molecule has 0 N–H and O–H groups in total. The second-order valence-electron chi connectivity index (χ2n) is 1.13. The number of hydrogen-bond donors (Lipinski definition) is 0. The van der Waals surface area contributed by atoms with E-state index in [0.29, 0.717) is 0 Å². The van der Waals surface area contributed by atoms with E-state index < -0.39 is 0 Å². The summed E-state index contributed by atoms with van der Waals surface area (Å²) in [4.78, 5) is 0. The summed E-state index contributed by atoms with van der Waals surface area (Å²) in [6.45, 7) is 3.69. The summed E-state index contributed by atoms with van der Waals surface area (Å²) in [6.07, 6.45) is 0. The smallest absolute Gasteiger partial charge is 0 e. The van der Waals surface area contributed by atoms with E-state index in [1.54, 1.807) is 11.3 Å². The molecule has 7 heavy (non-hydrogen) atoms. The number of rotatable bonds is 0. The van der Waals surface area contributed by atoms with Gasteiger partial charge in [-0.15, -0.1) is 5.38 Å². The molecule has 0 bridgehead atoms. The first-order valence-corrected chi connectivity index (χ1v) is 2.68. The molecule has 2 heteroatoms. The maximum absolute atomic E-state index is 3.69. The molecule has 0 aliphatic heterocycles. The van der Waals surface area contributed by atoms with Crippen LogP contribution in [-0.2, 0) is 32.7 Å². The maximum atomic E-state index is 3.69. The monoisotopic (exact) mass is 186 g/mol. The van der Waals surface area contributed by atoms with Gasteiger partial charge in [-0.2, -0.15) is 18.6 Å². The van der Waals surface area contributed by atoms with E-state index >= 15 is 0 Å². The molecule has 1 aromatic rings. The van der Waals surface area contributed by atoms with Gasteiger partial charge in [-0.05, 0) is 0 Å². The SMILES string of the molecule is [CH2-]c1ccsc1.[Y]. The summed E-state index contributed by atoms with van der Waals surface area (Å²) in [7, 11) is 0. The Bertz CT molecular complexity index is 112. The first kappa shape index (κ1) is 7.67. The third-order valence-electron chi connectivity index (χ3n) is 0.580. The topological polar surface area (TPSA) is 0 Å². The largest absolute Gasteiger partial charge is 0.234 e. The molecular formula is C5H5SY-. The Labute approximate surface area is 72.8 Å². The van der Waals surface area contributed by atoms with Crippen LogP contribution in [0.15, 0.2) is 16.8 Å². The zero-order chi connectivity index (χ0) is 4.41. The molecule has 0 unspecified atom stereocenters. The van der Waals surface area contributed by atoms with Gasteiger partial charge in [0.05, 0.1) is 0 Å². The van der Waals surface area contributed by atoms with Gasteiger partial charge in [-0.1, -0.05) is 5.38 Å². The summed E-state index contributed by atoms with van der Waals surface area (Å²) in [5.74, 6) is 0.